The molecular formula is C18H28N2O2S. The third-order valence-corrected chi connectivity index (χ3v) is 6.17. The minimum absolute atomic E-state index is 0.137. The van der Waals surface area contributed by atoms with Crippen molar-refractivity contribution in [3.05, 3.63) is 34.2 Å². The van der Waals surface area contributed by atoms with E-state index in [1.54, 1.807) is 6.07 Å². The highest BCUT2D eigenvalue weighted by molar-refractivity contribution is 7.99. The van der Waals surface area contributed by atoms with Crippen molar-refractivity contribution in [1.82, 2.24) is 9.47 Å². The van der Waals surface area contributed by atoms with E-state index in [9.17, 15) is 9.90 Å². The van der Waals surface area contributed by atoms with Crippen LogP contribution in [0.5, 0.6) is 0 Å². The van der Waals surface area contributed by atoms with Gasteiger partial charge in [-0.3, -0.25) is 9.69 Å². The van der Waals surface area contributed by atoms with Gasteiger partial charge < -0.3 is 9.67 Å². The van der Waals surface area contributed by atoms with Crippen LogP contribution in [0.1, 0.15) is 37.8 Å². The number of thioether (sulfide) groups is 1. The van der Waals surface area contributed by atoms with Crippen LogP contribution in [-0.2, 0) is 6.54 Å². The highest BCUT2D eigenvalue weighted by Crippen LogP contribution is 2.34. The second-order valence-corrected chi connectivity index (χ2v) is 8.15. The van der Waals surface area contributed by atoms with Crippen LogP contribution in [-0.4, -0.2) is 51.8 Å². The average Bonchev–Trinajstić information content (AvgIpc) is 2.53. The summed E-state index contributed by atoms with van der Waals surface area (Å²) in [6, 6.07) is 5.65. The molecule has 3 heterocycles. The van der Waals surface area contributed by atoms with Crippen molar-refractivity contribution in [3.63, 3.8) is 0 Å². The van der Waals surface area contributed by atoms with Crippen LogP contribution in [0.2, 0.25) is 0 Å². The Bertz CT molecular complexity index is 574. The van der Waals surface area contributed by atoms with E-state index in [-0.39, 0.29) is 11.7 Å². The number of rotatable bonds is 7. The van der Waals surface area contributed by atoms with Gasteiger partial charge in [0.1, 0.15) is 0 Å². The zero-order valence-corrected chi connectivity index (χ0v) is 14.8. The van der Waals surface area contributed by atoms with Gasteiger partial charge >= 0.3 is 0 Å². The van der Waals surface area contributed by atoms with Crippen molar-refractivity contribution in [2.45, 2.75) is 44.8 Å². The zero-order valence-electron chi connectivity index (χ0n) is 14.0. The smallest absolute Gasteiger partial charge is 0.250 e. The normalized spacial score (nSPS) is 25.1. The maximum Gasteiger partial charge on any atom is 0.250 e. The number of aliphatic hydroxyl groups excluding tert-OH is 1. The Morgan fingerprint density at radius 1 is 1.35 bits per heavy atom. The molecule has 0 aliphatic carbocycles. The number of aromatic nitrogens is 1. The second kappa shape index (κ2) is 7.86. The predicted octanol–water partition coefficient (Wildman–Crippen LogP) is 2.16. The van der Waals surface area contributed by atoms with Gasteiger partial charge in [-0.15, -0.1) is 0 Å². The van der Waals surface area contributed by atoms with E-state index in [1.165, 1.54) is 25.0 Å². The van der Waals surface area contributed by atoms with Gasteiger partial charge in [-0.25, -0.2) is 0 Å². The lowest BCUT2D eigenvalue weighted by atomic mass is 9.83. The molecule has 128 valence electrons. The Morgan fingerprint density at radius 2 is 2.22 bits per heavy atom. The van der Waals surface area contributed by atoms with Crippen molar-refractivity contribution in [2.75, 3.05) is 31.1 Å². The number of hydrogen-bond donors (Lipinski definition) is 1. The van der Waals surface area contributed by atoms with Gasteiger partial charge in [-0.2, -0.15) is 11.8 Å². The molecule has 1 N–H and O–H groups in total. The molecule has 0 amide bonds. The Hall–Kier alpha value is -0.780. The molecule has 0 aromatic carbocycles. The first-order valence-corrected chi connectivity index (χ1v) is 10.0. The van der Waals surface area contributed by atoms with Crippen LogP contribution in [0.25, 0.3) is 0 Å². The summed E-state index contributed by atoms with van der Waals surface area (Å²) in [5.41, 5.74) is 1.32. The van der Waals surface area contributed by atoms with Crippen molar-refractivity contribution in [3.8, 4) is 0 Å². The maximum absolute atomic E-state index is 12.0. The van der Waals surface area contributed by atoms with Gasteiger partial charge in [0.2, 0.25) is 0 Å². The Kier molecular flexibility index (Phi) is 5.83. The third-order valence-electron chi connectivity index (χ3n) is 4.98. The van der Waals surface area contributed by atoms with Crippen molar-refractivity contribution in [1.29, 1.82) is 0 Å². The number of aliphatic hydroxyl groups is 1. The van der Waals surface area contributed by atoms with E-state index in [2.05, 4.69) is 17.9 Å². The van der Waals surface area contributed by atoms with Crippen LogP contribution in [0.3, 0.4) is 0 Å². The molecule has 2 unspecified atom stereocenters. The highest BCUT2D eigenvalue weighted by Gasteiger charge is 2.34. The van der Waals surface area contributed by atoms with E-state index in [4.69, 9.17) is 0 Å². The number of β-amino-alcohol motifs (C(OH)–C–C–N with tert-alkyl or cyclic N) is 1. The molecule has 5 heteroatoms. The fraction of sp³-hybridized carbons (Fsp3) is 0.722. The van der Waals surface area contributed by atoms with Crippen LogP contribution in [0.15, 0.2) is 23.0 Å². The lowest BCUT2D eigenvalue weighted by molar-refractivity contribution is 0.0717. The average molecular weight is 337 g/mol. The van der Waals surface area contributed by atoms with E-state index in [0.29, 0.717) is 11.8 Å². The molecule has 1 aromatic rings. The molecular weight excluding hydrogens is 308 g/mol. The molecule has 0 spiro atoms. The van der Waals surface area contributed by atoms with Crippen molar-refractivity contribution >= 4 is 11.8 Å². The first-order valence-electron chi connectivity index (χ1n) is 8.85. The zero-order chi connectivity index (χ0) is 16.2. The molecule has 1 fully saturated rings. The molecule has 2 aliphatic rings. The second-order valence-electron chi connectivity index (χ2n) is 7.00. The fourth-order valence-corrected chi connectivity index (χ4v) is 5.00. The minimum Gasteiger partial charge on any atom is -0.391 e. The molecule has 2 aliphatic heterocycles. The van der Waals surface area contributed by atoms with Gasteiger partial charge in [-0.1, -0.05) is 19.4 Å². The molecule has 2 bridgehead atoms. The van der Waals surface area contributed by atoms with Gasteiger partial charge in [0.25, 0.3) is 5.56 Å². The summed E-state index contributed by atoms with van der Waals surface area (Å²) in [7, 11) is 0. The maximum atomic E-state index is 12.0. The monoisotopic (exact) mass is 336 g/mol. The van der Waals surface area contributed by atoms with E-state index < -0.39 is 0 Å². The lowest BCUT2D eigenvalue weighted by Crippen LogP contribution is -2.49. The Balaban J connectivity index is 1.56. The van der Waals surface area contributed by atoms with Crippen LogP contribution in [0, 0.1) is 5.92 Å². The number of hydrogen-bond acceptors (Lipinski definition) is 4. The quantitative estimate of drug-likeness (QED) is 0.775. The molecule has 3 atom stereocenters. The van der Waals surface area contributed by atoms with Crippen molar-refractivity contribution < 1.29 is 5.11 Å². The van der Waals surface area contributed by atoms with Crippen LogP contribution >= 0.6 is 11.8 Å². The Morgan fingerprint density at radius 3 is 3.04 bits per heavy atom. The molecule has 1 aromatic heterocycles. The Labute approximate surface area is 142 Å². The lowest BCUT2D eigenvalue weighted by Gasteiger charge is -2.43. The van der Waals surface area contributed by atoms with Crippen LogP contribution < -0.4 is 5.56 Å². The standard InChI is InChI=1S/C18H28N2O2S/c1-2-3-7-23-13-16(21)12-19-9-14-8-15(11-19)17-5-4-6-18(22)20(17)10-14/h4-6,14-16,21H,2-3,7-13H2,1H3/t14?,15-,16?/m0/s1. The summed E-state index contributed by atoms with van der Waals surface area (Å²) < 4.78 is 1.97. The van der Waals surface area contributed by atoms with Crippen molar-refractivity contribution in [2.24, 2.45) is 5.92 Å². The number of nitrogens with zero attached hydrogens (tertiary/aromatic N) is 2. The molecule has 1 saturated heterocycles. The number of pyridine rings is 1. The fourth-order valence-electron chi connectivity index (χ4n) is 3.96. The number of likely N-dealkylation sites (tertiary alicyclic amines) is 1. The van der Waals surface area contributed by atoms with E-state index >= 15 is 0 Å². The van der Waals surface area contributed by atoms with Gasteiger partial charge in [0, 0.05) is 49.6 Å². The van der Waals surface area contributed by atoms with Gasteiger partial charge in [-0.05, 0) is 30.6 Å². The summed E-state index contributed by atoms with van der Waals surface area (Å²) in [4.78, 5) is 14.4. The van der Waals surface area contributed by atoms with E-state index in [0.717, 1.165) is 37.7 Å². The number of unbranched alkanes of at least 4 members (excludes halogenated alkanes) is 1. The van der Waals surface area contributed by atoms with E-state index in [1.807, 2.05) is 22.4 Å². The number of fused-ring (bicyclic) bond motifs is 4. The summed E-state index contributed by atoms with van der Waals surface area (Å²) in [5.74, 6) is 2.97. The summed E-state index contributed by atoms with van der Waals surface area (Å²) in [6.07, 6.45) is 3.39. The van der Waals surface area contributed by atoms with Gasteiger partial charge in [0.15, 0.2) is 0 Å². The highest BCUT2D eigenvalue weighted by atomic mass is 32.2. The minimum atomic E-state index is -0.242. The largest absolute Gasteiger partial charge is 0.391 e. The summed E-state index contributed by atoms with van der Waals surface area (Å²) >= 11 is 1.86. The number of piperidine rings is 1. The molecule has 3 rings (SSSR count). The first kappa shape index (κ1) is 17.1. The molecule has 4 nitrogen and oxygen atoms in total. The molecule has 23 heavy (non-hydrogen) atoms. The summed E-state index contributed by atoms with van der Waals surface area (Å²) in [5, 5.41) is 10.3. The van der Waals surface area contributed by atoms with Crippen LogP contribution in [0.4, 0.5) is 0 Å². The topological polar surface area (TPSA) is 45.5 Å². The third kappa shape index (κ3) is 4.20. The molecule has 0 radical (unpaired) electrons. The predicted molar refractivity (Wildman–Crippen MR) is 96.2 cm³/mol. The SMILES string of the molecule is CCCCSCC(O)CN1CC2C[C@@H](C1)c1cccc(=O)n1C2. The summed E-state index contributed by atoms with van der Waals surface area (Å²) in [6.45, 7) is 5.78. The first-order chi connectivity index (χ1) is 11.2. The van der Waals surface area contributed by atoms with Gasteiger partial charge in [0.05, 0.1) is 6.10 Å². The molecule has 0 saturated carbocycles.